The molecule has 2 N–H and O–H groups in total. The van der Waals surface area contributed by atoms with E-state index in [-0.39, 0.29) is 0 Å². The standard InChI is InChI=1S/C17H28N4O/c1-18-17(19-12-6-9-14-7-3-4-8-14)20-13-15-10-5-11-16(21-15)22-2/h5,10-11,14H,3-4,6-9,12-13H2,1-2H3,(H2,18,19,20). The van der Waals surface area contributed by atoms with Crippen LogP contribution in [0, 0.1) is 5.92 Å². The van der Waals surface area contributed by atoms with Crippen LogP contribution in [0.25, 0.3) is 0 Å². The van der Waals surface area contributed by atoms with Crippen molar-refractivity contribution in [3.8, 4) is 5.88 Å². The van der Waals surface area contributed by atoms with Crippen molar-refractivity contribution in [2.24, 2.45) is 10.9 Å². The van der Waals surface area contributed by atoms with Gasteiger partial charge < -0.3 is 15.4 Å². The second kappa shape index (κ2) is 9.28. The van der Waals surface area contributed by atoms with Crippen LogP contribution in [0.5, 0.6) is 5.88 Å². The van der Waals surface area contributed by atoms with Crippen molar-refractivity contribution >= 4 is 5.96 Å². The van der Waals surface area contributed by atoms with Crippen LogP contribution in [0.1, 0.15) is 44.2 Å². The number of pyridine rings is 1. The first-order valence-corrected chi connectivity index (χ1v) is 8.26. The van der Waals surface area contributed by atoms with Crippen LogP contribution in [0.15, 0.2) is 23.2 Å². The van der Waals surface area contributed by atoms with Gasteiger partial charge in [-0.1, -0.05) is 31.7 Å². The zero-order valence-corrected chi connectivity index (χ0v) is 13.8. The zero-order chi connectivity index (χ0) is 15.6. The second-order valence-electron chi connectivity index (χ2n) is 5.82. The largest absolute Gasteiger partial charge is 0.481 e. The lowest BCUT2D eigenvalue weighted by molar-refractivity contribution is 0.396. The van der Waals surface area contributed by atoms with Gasteiger partial charge >= 0.3 is 0 Å². The highest BCUT2D eigenvalue weighted by Crippen LogP contribution is 2.28. The van der Waals surface area contributed by atoms with Gasteiger partial charge in [-0.05, 0) is 24.8 Å². The molecule has 1 aliphatic carbocycles. The maximum Gasteiger partial charge on any atom is 0.213 e. The van der Waals surface area contributed by atoms with Crippen LogP contribution < -0.4 is 15.4 Å². The first-order valence-electron chi connectivity index (χ1n) is 8.26. The quantitative estimate of drug-likeness (QED) is 0.462. The molecule has 5 heteroatoms. The summed E-state index contributed by atoms with van der Waals surface area (Å²) >= 11 is 0. The predicted molar refractivity (Wildman–Crippen MR) is 90.2 cm³/mol. The minimum Gasteiger partial charge on any atom is -0.481 e. The Morgan fingerprint density at radius 3 is 2.86 bits per heavy atom. The van der Waals surface area contributed by atoms with E-state index in [0.29, 0.717) is 12.4 Å². The fourth-order valence-corrected chi connectivity index (χ4v) is 2.96. The number of hydrogen-bond acceptors (Lipinski definition) is 3. The summed E-state index contributed by atoms with van der Waals surface area (Å²) in [5.74, 6) is 2.42. The number of hydrogen-bond donors (Lipinski definition) is 2. The van der Waals surface area contributed by atoms with Crippen molar-refractivity contribution in [2.45, 2.75) is 45.1 Å². The van der Waals surface area contributed by atoms with Crippen LogP contribution in [0.2, 0.25) is 0 Å². The molecule has 5 nitrogen and oxygen atoms in total. The lowest BCUT2D eigenvalue weighted by Crippen LogP contribution is -2.37. The molecule has 0 amide bonds. The van der Waals surface area contributed by atoms with Crippen molar-refractivity contribution in [1.82, 2.24) is 15.6 Å². The Morgan fingerprint density at radius 1 is 1.32 bits per heavy atom. The van der Waals surface area contributed by atoms with Gasteiger partial charge in [0.2, 0.25) is 5.88 Å². The number of methoxy groups -OCH3 is 1. The first-order chi connectivity index (χ1) is 10.8. The topological polar surface area (TPSA) is 58.5 Å². The zero-order valence-electron chi connectivity index (χ0n) is 13.8. The van der Waals surface area contributed by atoms with E-state index in [1.54, 1.807) is 14.2 Å². The number of aromatic nitrogens is 1. The van der Waals surface area contributed by atoms with E-state index in [2.05, 4.69) is 20.6 Å². The molecule has 1 aromatic heterocycles. The van der Waals surface area contributed by atoms with Gasteiger partial charge in [0.05, 0.1) is 19.3 Å². The van der Waals surface area contributed by atoms with Crippen LogP contribution in [-0.2, 0) is 6.54 Å². The van der Waals surface area contributed by atoms with Gasteiger partial charge in [0, 0.05) is 19.7 Å². The third-order valence-electron chi connectivity index (χ3n) is 4.21. The highest BCUT2D eigenvalue weighted by atomic mass is 16.5. The van der Waals surface area contributed by atoms with Crippen LogP contribution in [0.4, 0.5) is 0 Å². The van der Waals surface area contributed by atoms with Crippen molar-refractivity contribution in [1.29, 1.82) is 0 Å². The summed E-state index contributed by atoms with van der Waals surface area (Å²) in [5.41, 5.74) is 0.938. The molecule has 0 radical (unpaired) electrons. The molecular formula is C17H28N4O. The minimum absolute atomic E-state index is 0.638. The minimum atomic E-state index is 0.638. The molecule has 1 fully saturated rings. The van der Waals surface area contributed by atoms with Gasteiger partial charge in [-0.25, -0.2) is 4.98 Å². The van der Waals surface area contributed by atoms with Gasteiger partial charge in [0.15, 0.2) is 5.96 Å². The van der Waals surface area contributed by atoms with Gasteiger partial charge in [0.25, 0.3) is 0 Å². The Kier molecular flexibility index (Phi) is 7.00. The molecular weight excluding hydrogens is 276 g/mol. The lowest BCUT2D eigenvalue weighted by atomic mass is 10.0. The summed E-state index contributed by atoms with van der Waals surface area (Å²) in [4.78, 5) is 8.63. The molecule has 1 saturated carbocycles. The number of ether oxygens (including phenoxy) is 1. The Morgan fingerprint density at radius 2 is 2.14 bits per heavy atom. The fourth-order valence-electron chi connectivity index (χ4n) is 2.96. The Hall–Kier alpha value is -1.78. The maximum absolute atomic E-state index is 5.13. The Labute approximate surface area is 133 Å². The molecule has 0 unspecified atom stereocenters. The number of aliphatic imine (C=N–C) groups is 1. The average Bonchev–Trinajstić information content (AvgIpc) is 3.08. The smallest absolute Gasteiger partial charge is 0.213 e. The first kappa shape index (κ1) is 16.6. The van der Waals surface area contributed by atoms with Crippen LogP contribution in [-0.4, -0.2) is 31.6 Å². The molecule has 1 heterocycles. The maximum atomic E-state index is 5.13. The molecule has 1 aliphatic rings. The lowest BCUT2D eigenvalue weighted by Gasteiger charge is -2.13. The molecule has 0 atom stereocenters. The highest BCUT2D eigenvalue weighted by molar-refractivity contribution is 5.79. The molecule has 0 spiro atoms. The summed E-state index contributed by atoms with van der Waals surface area (Å²) in [6.45, 7) is 1.61. The number of nitrogens with one attached hydrogen (secondary N) is 2. The van der Waals surface area contributed by atoms with Gasteiger partial charge in [0.1, 0.15) is 0 Å². The third kappa shape index (κ3) is 5.54. The normalized spacial score (nSPS) is 15.8. The van der Waals surface area contributed by atoms with Gasteiger partial charge in [-0.15, -0.1) is 0 Å². The predicted octanol–water partition coefficient (Wildman–Crippen LogP) is 2.73. The Bertz CT molecular complexity index is 469. The number of nitrogens with zero attached hydrogens (tertiary/aromatic N) is 2. The fraction of sp³-hybridized carbons (Fsp3) is 0.647. The molecule has 0 bridgehead atoms. The van der Waals surface area contributed by atoms with Crippen LogP contribution >= 0.6 is 0 Å². The van der Waals surface area contributed by atoms with Crippen molar-refractivity contribution < 1.29 is 4.74 Å². The van der Waals surface area contributed by atoms with E-state index in [9.17, 15) is 0 Å². The van der Waals surface area contributed by atoms with Crippen LogP contribution in [0.3, 0.4) is 0 Å². The molecule has 0 saturated heterocycles. The molecule has 1 aromatic rings. The molecule has 0 aromatic carbocycles. The van der Waals surface area contributed by atoms with E-state index in [0.717, 1.165) is 24.1 Å². The summed E-state index contributed by atoms with van der Waals surface area (Å²) < 4.78 is 5.13. The Balaban J connectivity index is 1.66. The van der Waals surface area contributed by atoms with Gasteiger partial charge in [-0.2, -0.15) is 0 Å². The molecule has 22 heavy (non-hydrogen) atoms. The van der Waals surface area contributed by atoms with E-state index in [1.165, 1.54) is 38.5 Å². The molecule has 122 valence electrons. The summed E-state index contributed by atoms with van der Waals surface area (Å²) in [5, 5.41) is 6.66. The number of rotatable bonds is 7. The van der Waals surface area contributed by atoms with E-state index in [1.807, 2.05) is 18.2 Å². The summed E-state index contributed by atoms with van der Waals surface area (Å²) in [6, 6.07) is 5.77. The highest BCUT2D eigenvalue weighted by Gasteiger charge is 2.13. The molecule has 0 aliphatic heterocycles. The second-order valence-corrected chi connectivity index (χ2v) is 5.82. The van der Waals surface area contributed by atoms with Crippen molar-refractivity contribution in [3.05, 3.63) is 23.9 Å². The summed E-state index contributed by atoms with van der Waals surface area (Å²) in [6.07, 6.45) is 8.25. The third-order valence-corrected chi connectivity index (χ3v) is 4.21. The van der Waals surface area contributed by atoms with E-state index < -0.39 is 0 Å². The number of guanidine groups is 1. The van der Waals surface area contributed by atoms with Crippen molar-refractivity contribution in [3.63, 3.8) is 0 Å². The summed E-state index contributed by atoms with van der Waals surface area (Å²) in [7, 11) is 3.43. The SMILES string of the molecule is CN=C(NCCCC1CCCC1)NCc1cccc(OC)n1. The van der Waals surface area contributed by atoms with E-state index >= 15 is 0 Å². The monoisotopic (exact) mass is 304 g/mol. The average molecular weight is 304 g/mol. The molecule has 2 rings (SSSR count). The van der Waals surface area contributed by atoms with Crippen molar-refractivity contribution in [2.75, 3.05) is 20.7 Å². The van der Waals surface area contributed by atoms with E-state index in [4.69, 9.17) is 4.74 Å². The van der Waals surface area contributed by atoms with Gasteiger partial charge in [-0.3, -0.25) is 4.99 Å².